The summed E-state index contributed by atoms with van der Waals surface area (Å²) in [6.07, 6.45) is 6.16. The second-order valence-electron chi connectivity index (χ2n) is 5.05. The van der Waals surface area contributed by atoms with E-state index in [-0.39, 0.29) is 5.56 Å². The van der Waals surface area contributed by atoms with Crippen LogP contribution in [0.5, 0.6) is 0 Å². The van der Waals surface area contributed by atoms with Crippen molar-refractivity contribution in [2.45, 2.75) is 18.8 Å². The molecule has 6 nitrogen and oxygen atoms in total. The van der Waals surface area contributed by atoms with Crippen LogP contribution < -0.4 is 10.6 Å². The Labute approximate surface area is 125 Å². The van der Waals surface area contributed by atoms with Gasteiger partial charge in [0, 0.05) is 0 Å². The maximum Gasteiger partial charge on any atom is 0.326 e. The smallest absolute Gasteiger partial charge is 0.305 e. The molecule has 1 aliphatic rings. The number of nitrogens with one attached hydrogen (secondary N) is 2. The highest BCUT2D eigenvalue weighted by Gasteiger charge is 2.25. The van der Waals surface area contributed by atoms with Crippen molar-refractivity contribution in [1.29, 1.82) is 0 Å². The Balaban J connectivity index is 1.65. The lowest BCUT2D eigenvalue weighted by molar-refractivity contribution is 0.0963. The van der Waals surface area contributed by atoms with Gasteiger partial charge in [0.2, 0.25) is 0 Å². The number of imide groups is 1. The van der Waals surface area contributed by atoms with Crippen molar-refractivity contribution in [2.75, 3.05) is 5.32 Å². The second kappa shape index (κ2) is 5.88. The van der Waals surface area contributed by atoms with E-state index in [9.17, 15) is 14.0 Å². The number of hydrogen-bond acceptors (Lipinski definition) is 4. The zero-order valence-electron chi connectivity index (χ0n) is 11.5. The Morgan fingerprint density at radius 1 is 1.18 bits per heavy atom. The predicted molar refractivity (Wildman–Crippen MR) is 76.9 cm³/mol. The summed E-state index contributed by atoms with van der Waals surface area (Å²) in [5.74, 6) is -1.03. The number of carbonyl (C=O) groups excluding carboxylic acids is 2. The number of aromatic nitrogens is 2. The lowest BCUT2D eigenvalue weighted by Crippen LogP contribution is -2.34. The topological polar surface area (TPSA) is 84.0 Å². The molecule has 2 N–H and O–H groups in total. The molecular formula is C15H13FN4O2. The summed E-state index contributed by atoms with van der Waals surface area (Å²) < 4.78 is 14.0. The summed E-state index contributed by atoms with van der Waals surface area (Å²) in [4.78, 5) is 31.0. The molecule has 3 rings (SSSR count). The molecule has 1 aromatic heterocycles. The summed E-state index contributed by atoms with van der Waals surface area (Å²) in [5, 5.41) is 4.45. The van der Waals surface area contributed by atoms with Gasteiger partial charge in [-0.05, 0) is 36.5 Å². The maximum absolute atomic E-state index is 14.0. The Hall–Kier alpha value is -2.83. The third-order valence-electron chi connectivity index (χ3n) is 3.33. The largest absolute Gasteiger partial charge is 0.326 e. The molecule has 0 radical (unpaired) electrons. The van der Waals surface area contributed by atoms with Gasteiger partial charge < -0.3 is 5.32 Å². The monoisotopic (exact) mass is 300 g/mol. The van der Waals surface area contributed by atoms with E-state index in [0.29, 0.717) is 11.6 Å². The first-order valence-electron chi connectivity index (χ1n) is 6.80. The number of rotatable bonds is 3. The lowest BCUT2D eigenvalue weighted by Gasteiger charge is -2.07. The minimum Gasteiger partial charge on any atom is -0.305 e. The van der Waals surface area contributed by atoms with E-state index < -0.39 is 17.8 Å². The number of urea groups is 1. The quantitative estimate of drug-likeness (QED) is 0.912. The first kappa shape index (κ1) is 14.1. The molecule has 112 valence electrons. The average molecular weight is 300 g/mol. The van der Waals surface area contributed by atoms with Gasteiger partial charge in [-0.3, -0.25) is 10.1 Å². The molecule has 22 heavy (non-hydrogen) atoms. The molecule has 0 spiro atoms. The van der Waals surface area contributed by atoms with E-state index >= 15 is 0 Å². The minimum absolute atomic E-state index is 0.163. The maximum atomic E-state index is 14.0. The first-order valence-corrected chi connectivity index (χ1v) is 6.80. The highest BCUT2D eigenvalue weighted by atomic mass is 19.1. The summed E-state index contributed by atoms with van der Waals surface area (Å²) in [7, 11) is 0. The van der Waals surface area contributed by atoms with Gasteiger partial charge in [0.15, 0.2) is 0 Å². The van der Waals surface area contributed by atoms with Gasteiger partial charge in [0.1, 0.15) is 12.1 Å². The van der Waals surface area contributed by atoms with Crippen LogP contribution in [-0.4, -0.2) is 21.9 Å². The molecule has 0 unspecified atom stereocenters. The van der Waals surface area contributed by atoms with Crippen LogP contribution in [0, 0.1) is 5.82 Å². The number of anilines is 1. The summed E-state index contributed by atoms with van der Waals surface area (Å²) in [5.41, 5.74) is 1.06. The molecule has 0 saturated heterocycles. The van der Waals surface area contributed by atoms with Gasteiger partial charge in [0.05, 0.1) is 23.6 Å². The Bertz CT molecular complexity index is 717. The SMILES string of the molecule is O=C(NC(=O)c1ccc(C2CC2)cc1F)Nc1cncnc1. The Morgan fingerprint density at radius 2 is 1.91 bits per heavy atom. The van der Waals surface area contributed by atoms with Crippen molar-refractivity contribution in [3.8, 4) is 0 Å². The van der Waals surface area contributed by atoms with E-state index in [4.69, 9.17) is 0 Å². The Kier molecular flexibility index (Phi) is 3.78. The van der Waals surface area contributed by atoms with Crippen molar-refractivity contribution >= 4 is 17.6 Å². The number of amides is 3. The van der Waals surface area contributed by atoms with Crippen LogP contribution in [0.25, 0.3) is 0 Å². The molecule has 3 amide bonds. The number of carbonyl (C=O) groups is 2. The molecule has 0 bridgehead atoms. The van der Waals surface area contributed by atoms with E-state index in [2.05, 4.69) is 20.6 Å². The van der Waals surface area contributed by atoms with Crippen molar-refractivity contribution < 1.29 is 14.0 Å². The summed E-state index contributed by atoms with van der Waals surface area (Å²) in [6, 6.07) is 3.70. The molecule has 0 atom stereocenters. The second-order valence-corrected chi connectivity index (χ2v) is 5.05. The summed E-state index contributed by atoms with van der Waals surface area (Å²) in [6.45, 7) is 0. The van der Waals surface area contributed by atoms with Crippen LogP contribution in [0.2, 0.25) is 0 Å². The Morgan fingerprint density at radius 3 is 2.55 bits per heavy atom. The number of halogens is 1. The third kappa shape index (κ3) is 3.25. The van der Waals surface area contributed by atoms with Crippen molar-refractivity contribution in [2.24, 2.45) is 0 Å². The fourth-order valence-corrected chi connectivity index (χ4v) is 2.08. The number of nitrogens with zero attached hydrogens (tertiary/aromatic N) is 2. The molecule has 1 fully saturated rings. The third-order valence-corrected chi connectivity index (χ3v) is 3.33. The average Bonchev–Trinajstić information content (AvgIpc) is 3.32. The van der Waals surface area contributed by atoms with Crippen LogP contribution in [0.4, 0.5) is 14.9 Å². The van der Waals surface area contributed by atoms with Crippen LogP contribution in [0.1, 0.15) is 34.7 Å². The molecular weight excluding hydrogens is 287 g/mol. The lowest BCUT2D eigenvalue weighted by atomic mass is 10.1. The van der Waals surface area contributed by atoms with Crippen LogP contribution in [-0.2, 0) is 0 Å². The van der Waals surface area contributed by atoms with Crippen LogP contribution >= 0.6 is 0 Å². The van der Waals surface area contributed by atoms with Crippen molar-refractivity contribution in [3.63, 3.8) is 0 Å². The van der Waals surface area contributed by atoms with Gasteiger partial charge in [0.25, 0.3) is 5.91 Å². The number of benzene rings is 1. The van der Waals surface area contributed by atoms with Crippen molar-refractivity contribution in [3.05, 3.63) is 53.9 Å². The van der Waals surface area contributed by atoms with Gasteiger partial charge in [-0.25, -0.2) is 19.2 Å². The van der Waals surface area contributed by atoms with Crippen molar-refractivity contribution in [1.82, 2.24) is 15.3 Å². The molecule has 0 aliphatic heterocycles. The predicted octanol–water partition coefficient (Wildman–Crippen LogP) is 2.46. The zero-order valence-corrected chi connectivity index (χ0v) is 11.5. The molecule has 1 aromatic carbocycles. The molecule has 7 heteroatoms. The highest BCUT2D eigenvalue weighted by molar-refractivity contribution is 6.08. The van der Waals surface area contributed by atoms with Gasteiger partial charge in [-0.15, -0.1) is 0 Å². The first-order chi connectivity index (χ1) is 10.6. The zero-order chi connectivity index (χ0) is 15.5. The summed E-state index contributed by atoms with van der Waals surface area (Å²) >= 11 is 0. The van der Waals surface area contributed by atoms with Gasteiger partial charge in [-0.2, -0.15) is 0 Å². The normalized spacial score (nSPS) is 13.5. The van der Waals surface area contributed by atoms with E-state index in [1.165, 1.54) is 30.9 Å². The fraction of sp³-hybridized carbons (Fsp3) is 0.200. The van der Waals surface area contributed by atoms with Gasteiger partial charge >= 0.3 is 6.03 Å². The standard InChI is InChI=1S/C15H13FN4O2/c16-13-5-10(9-1-2-9)3-4-12(13)14(21)20-15(22)19-11-6-17-8-18-7-11/h3-9H,1-2H2,(H2,19,20,21,22). The minimum atomic E-state index is -0.797. The molecule has 1 saturated carbocycles. The van der Waals surface area contributed by atoms with E-state index in [1.807, 2.05) is 0 Å². The van der Waals surface area contributed by atoms with E-state index in [0.717, 1.165) is 18.4 Å². The molecule has 2 aromatic rings. The highest BCUT2D eigenvalue weighted by Crippen LogP contribution is 2.40. The van der Waals surface area contributed by atoms with Gasteiger partial charge in [-0.1, -0.05) is 6.07 Å². The number of hydrogen-bond donors (Lipinski definition) is 2. The molecule has 1 heterocycles. The van der Waals surface area contributed by atoms with Crippen LogP contribution in [0.15, 0.2) is 36.9 Å². The molecule has 1 aliphatic carbocycles. The van der Waals surface area contributed by atoms with Crippen LogP contribution in [0.3, 0.4) is 0 Å². The van der Waals surface area contributed by atoms with E-state index in [1.54, 1.807) is 6.07 Å². The fourth-order valence-electron chi connectivity index (χ4n) is 2.08.